The second kappa shape index (κ2) is 37.1. The molecule has 1 heterocycles. The minimum atomic E-state index is -1.39. The van der Waals surface area contributed by atoms with Crippen LogP contribution in [0.4, 0.5) is 0 Å². The predicted octanol–water partition coefficient (Wildman–Crippen LogP) is 8.01. The molecule has 0 aliphatic carbocycles. The summed E-state index contributed by atoms with van der Waals surface area (Å²) in [5.74, 6) is -2.52. The SMILES string of the molecule is CCCCCCCC(=O)OCCCCCCCCC(=O)OC1[C@H](OC(=O)CN(C)C)O[C@H](COC(=O)CN(C)C)[C@@H]1OC(=O)CCCCCCCCOC(=O)CCCCCCC. The van der Waals surface area contributed by atoms with E-state index < -0.39 is 48.5 Å². The molecule has 15 nitrogen and oxygen atoms in total. The molecule has 0 amide bonds. The maximum absolute atomic E-state index is 13.2. The zero-order valence-corrected chi connectivity index (χ0v) is 39.4. The number of likely N-dealkylation sites (N-methyl/N-ethyl adjacent to an activating group) is 2. The maximum atomic E-state index is 13.2. The van der Waals surface area contributed by atoms with E-state index in [-0.39, 0.29) is 44.5 Å². The van der Waals surface area contributed by atoms with Gasteiger partial charge in [0, 0.05) is 25.7 Å². The third kappa shape index (κ3) is 30.7. The average molecular weight is 885 g/mol. The lowest BCUT2D eigenvalue weighted by molar-refractivity contribution is -0.200. The third-order valence-corrected chi connectivity index (χ3v) is 10.4. The molecule has 1 fully saturated rings. The van der Waals surface area contributed by atoms with E-state index in [1.54, 1.807) is 38.0 Å². The quantitative estimate of drug-likeness (QED) is 0.0330. The van der Waals surface area contributed by atoms with Gasteiger partial charge in [-0.2, -0.15) is 0 Å². The minimum absolute atomic E-state index is 0.00782. The Labute approximate surface area is 373 Å². The molecule has 360 valence electrons. The fourth-order valence-electron chi connectivity index (χ4n) is 6.93. The number of carbonyl (C=O) groups excluding carboxylic acids is 6. The summed E-state index contributed by atoms with van der Waals surface area (Å²) in [6.45, 7) is 4.80. The highest BCUT2D eigenvalue weighted by Gasteiger charge is 2.52. The standard InChI is InChI=1S/C47H84N2O13/c1-7-9-11-17-23-29-39(50)56-33-27-21-15-13-19-25-31-41(52)60-45-38(37-58-43(54)35-48(3)4)59-47(62-44(55)36-49(5)6)46(45)61-42(53)32-26-20-14-16-22-28-34-57-40(51)30-24-18-12-10-8-2/h38,45-47H,7-37H2,1-6H3/t38-,45+,46?,47+/m1/s1. The third-order valence-electron chi connectivity index (χ3n) is 10.4. The first-order chi connectivity index (χ1) is 29.9. The number of nitrogens with zero attached hydrogens (tertiary/aromatic N) is 2. The summed E-state index contributed by atoms with van der Waals surface area (Å²) in [6.07, 6.45) is 16.9. The molecule has 1 rings (SSSR count). The van der Waals surface area contributed by atoms with Crippen molar-refractivity contribution in [3.05, 3.63) is 0 Å². The molecule has 0 N–H and O–H groups in total. The second-order valence-electron chi connectivity index (χ2n) is 17.1. The van der Waals surface area contributed by atoms with E-state index in [2.05, 4.69) is 13.8 Å². The molecule has 0 bridgehead atoms. The maximum Gasteiger partial charge on any atom is 0.322 e. The molecule has 0 saturated carbocycles. The van der Waals surface area contributed by atoms with Gasteiger partial charge in [0.15, 0.2) is 6.10 Å². The van der Waals surface area contributed by atoms with E-state index in [9.17, 15) is 28.8 Å². The number of esters is 6. The zero-order chi connectivity index (χ0) is 45.8. The van der Waals surface area contributed by atoms with Crippen molar-refractivity contribution in [2.75, 3.05) is 61.1 Å². The molecule has 0 aromatic carbocycles. The van der Waals surface area contributed by atoms with Crippen molar-refractivity contribution in [2.24, 2.45) is 0 Å². The molecule has 4 atom stereocenters. The summed E-state index contributed by atoms with van der Waals surface area (Å²) in [4.78, 5) is 78.8. The van der Waals surface area contributed by atoms with Crippen LogP contribution in [-0.2, 0) is 61.9 Å². The molecule has 0 spiro atoms. The molecule has 0 aromatic heterocycles. The Morgan fingerprint density at radius 2 is 0.774 bits per heavy atom. The molecular formula is C47H84N2O13. The Kier molecular flexibility index (Phi) is 33.9. The number of carbonyl (C=O) groups is 6. The molecule has 1 saturated heterocycles. The van der Waals surface area contributed by atoms with Crippen LogP contribution in [0.5, 0.6) is 0 Å². The fourth-order valence-corrected chi connectivity index (χ4v) is 6.93. The monoisotopic (exact) mass is 885 g/mol. The van der Waals surface area contributed by atoms with Gasteiger partial charge >= 0.3 is 35.8 Å². The molecule has 0 radical (unpaired) electrons. The van der Waals surface area contributed by atoms with Crippen molar-refractivity contribution in [1.29, 1.82) is 0 Å². The van der Waals surface area contributed by atoms with Gasteiger partial charge in [0.2, 0.25) is 12.4 Å². The summed E-state index contributed by atoms with van der Waals surface area (Å²) in [7, 11) is 6.84. The zero-order valence-electron chi connectivity index (χ0n) is 39.4. The highest BCUT2D eigenvalue weighted by atomic mass is 16.8. The minimum Gasteiger partial charge on any atom is -0.466 e. The van der Waals surface area contributed by atoms with Gasteiger partial charge in [-0.3, -0.25) is 38.6 Å². The first kappa shape index (κ1) is 56.7. The number of ether oxygens (including phenoxy) is 7. The Balaban J connectivity index is 2.66. The number of hydrogen-bond donors (Lipinski definition) is 0. The topological polar surface area (TPSA) is 174 Å². The molecule has 0 aromatic rings. The predicted molar refractivity (Wildman–Crippen MR) is 236 cm³/mol. The lowest BCUT2D eigenvalue weighted by Crippen LogP contribution is -2.43. The largest absolute Gasteiger partial charge is 0.466 e. The van der Waals surface area contributed by atoms with Gasteiger partial charge in [0.05, 0.1) is 26.3 Å². The molecule has 1 unspecified atom stereocenters. The first-order valence-electron chi connectivity index (χ1n) is 23.9. The lowest BCUT2D eigenvalue weighted by Gasteiger charge is -2.24. The van der Waals surface area contributed by atoms with E-state index >= 15 is 0 Å². The van der Waals surface area contributed by atoms with Crippen LogP contribution >= 0.6 is 0 Å². The van der Waals surface area contributed by atoms with Crippen LogP contribution in [0.1, 0.15) is 181 Å². The molecule has 15 heteroatoms. The second-order valence-corrected chi connectivity index (χ2v) is 17.1. The van der Waals surface area contributed by atoms with Gasteiger partial charge in [-0.05, 0) is 66.7 Å². The van der Waals surface area contributed by atoms with E-state index in [1.807, 2.05) is 0 Å². The Morgan fingerprint density at radius 3 is 1.21 bits per heavy atom. The number of hydrogen-bond acceptors (Lipinski definition) is 15. The Hall–Kier alpha value is -3.30. The van der Waals surface area contributed by atoms with Crippen molar-refractivity contribution in [3.63, 3.8) is 0 Å². The van der Waals surface area contributed by atoms with E-state index in [1.165, 1.54) is 25.7 Å². The fraction of sp³-hybridized carbons (Fsp3) is 0.872. The smallest absolute Gasteiger partial charge is 0.322 e. The van der Waals surface area contributed by atoms with Crippen LogP contribution in [-0.4, -0.2) is 131 Å². The van der Waals surface area contributed by atoms with E-state index in [0.29, 0.717) is 38.9 Å². The molecular weight excluding hydrogens is 801 g/mol. The van der Waals surface area contributed by atoms with Crippen LogP contribution in [0.25, 0.3) is 0 Å². The van der Waals surface area contributed by atoms with Gasteiger partial charge in [-0.15, -0.1) is 0 Å². The van der Waals surface area contributed by atoms with Crippen molar-refractivity contribution < 1.29 is 61.9 Å². The van der Waals surface area contributed by atoms with E-state index in [0.717, 1.165) is 103 Å². The highest BCUT2D eigenvalue weighted by Crippen LogP contribution is 2.30. The van der Waals surface area contributed by atoms with E-state index in [4.69, 9.17) is 33.2 Å². The van der Waals surface area contributed by atoms with Crippen molar-refractivity contribution in [3.8, 4) is 0 Å². The van der Waals surface area contributed by atoms with Crippen LogP contribution in [0.2, 0.25) is 0 Å². The van der Waals surface area contributed by atoms with Crippen LogP contribution < -0.4 is 0 Å². The summed E-state index contributed by atoms with van der Waals surface area (Å²) in [5.41, 5.74) is 0. The van der Waals surface area contributed by atoms with Crippen LogP contribution in [0, 0.1) is 0 Å². The Morgan fingerprint density at radius 1 is 0.403 bits per heavy atom. The average Bonchev–Trinajstić information content (AvgIpc) is 3.51. The molecule has 1 aliphatic rings. The van der Waals surface area contributed by atoms with Crippen molar-refractivity contribution in [2.45, 2.75) is 205 Å². The summed E-state index contributed by atoms with van der Waals surface area (Å²) >= 11 is 0. The summed E-state index contributed by atoms with van der Waals surface area (Å²) < 4.78 is 39.5. The van der Waals surface area contributed by atoms with Gasteiger partial charge < -0.3 is 33.2 Å². The molecule has 1 aliphatic heterocycles. The number of unbranched alkanes of at least 4 members (excludes halogenated alkanes) is 18. The van der Waals surface area contributed by atoms with Crippen LogP contribution in [0.15, 0.2) is 0 Å². The van der Waals surface area contributed by atoms with Gasteiger partial charge in [0.25, 0.3) is 0 Å². The molecule has 62 heavy (non-hydrogen) atoms. The van der Waals surface area contributed by atoms with Crippen LogP contribution in [0.3, 0.4) is 0 Å². The van der Waals surface area contributed by atoms with Crippen molar-refractivity contribution in [1.82, 2.24) is 9.80 Å². The van der Waals surface area contributed by atoms with Gasteiger partial charge in [-0.25, -0.2) is 0 Å². The first-order valence-corrected chi connectivity index (χ1v) is 23.9. The Bertz CT molecular complexity index is 1230. The highest BCUT2D eigenvalue weighted by molar-refractivity contribution is 5.73. The summed E-state index contributed by atoms with van der Waals surface area (Å²) in [6, 6.07) is 0. The van der Waals surface area contributed by atoms with Crippen molar-refractivity contribution >= 4 is 35.8 Å². The lowest BCUT2D eigenvalue weighted by atomic mass is 10.1. The van der Waals surface area contributed by atoms with Gasteiger partial charge in [0.1, 0.15) is 12.7 Å². The summed E-state index contributed by atoms with van der Waals surface area (Å²) in [5, 5.41) is 0. The van der Waals surface area contributed by atoms with Gasteiger partial charge in [-0.1, -0.05) is 117 Å². The number of rotatable bonds is 39. The normalized spacial score (nSPS) is 17.2.